The van der Waals surface area contributed by atoms with E-state index in [9.17, 15) is 9.90 Å². The molecule has 0 saturated carbocycles. The maximum atomic E-state index is 12.7. The van der Waals surface area contributed by atoms with Gasteiger partial charge in [-0.15, -0.1) is 0 Å². The molecule has 0 radical (unpaired) electrons. The first-order valence-corrected chi connectivity index (χ1v) is 7.92. The quantitative estimate of drug-likeness (QED) is 0.870. The fraction of sp³-hybridized carbons (Fsp3) is 0.500. The summed E-state index contributed by atoms with van der Waals surface area (Å²) in [5.74, 6) is 0.822. The van der Waals surface area contributed by atoms with Crippen molar-refractivity contribution in [2.45, 2.75) is 50.8 Å². The second-order valence-corrected chi connectivity index (χ2v) is 6.49. The average Bonchev–Trinajstić information content (AvgIpc) is 2.77. The van der Waals surface area contributed by atoms with Crippen LogP contribution in [0.2, 0.25) is 0 Å². The largest absolute Gasteiger partial charge is 0.489 e. The van der Waals surface area contributed by atoms with Gasteiger partial charge in [-0.05, 0) is 62.4 Å². The fourth-order valence-electron chi connectivity index (χ4n) is 3.53. The summed E-state index contributed by atoms with van der Waals surface area (Å²) in [6, 6.07) is 7.69. The number of nitrogens with zero attached hydrogens (tertiary/aromatic N) is 1. The SMILES string of the molecule is C=C(C)COc1ccc(C(=O)N2[C@@H]3CC[C@H]2CC(O)C3)cc1. The lowest BCUT2D eigenvalue weighted by Gasteiger charge is -2.37. The molecule has 2 heterocycles. The molecular weight excluding hydrogens is 278 g/mol. The Kier molecular flexibility index (Phi) is 4.21. The summed E-state index contributed by atoms with van der Waals surface area (Å²) in [6.07, 6.45) is 3.18. The topological polar surface area (TPSA) is 49.8 Å². The molecule has 0 aromatic heterocycles. The summed E-state index contributed by atoms with van der Waals surface area (Å²) in [5, 5.41) is 9.84. The Morgan fingerprint density at radius 1 is 1.27 bits per heavy atom. The number of carbonyl (C=O) groups excluding carboxylic acids is 1. The number of aliphatic hydroxyl groups excluding tert-OH is 1. The number of ether oxygens (including phenoxy) is 1. The molecule has 1 aromatic carbocycles. The van der Waals surface area contributed by atoms with Crippen LogP contribution in [0.25, 0.3) is 0 Å². The zero-order valence-corrected chi connectivity index (χ0v) is 13.0. The molecule has 2 fully saturated rings. The van der Waals surface area contributed by atoms with Crippen LogP contribution in [0.5, 0.6) is 5.75 Å². The number of hydrogen-bond acceptors (Lipinski definition) is 3. The van der Waals surface area contributed by atoms with E-state index in [0.29, 0.717) is 25.0 Å². The Morgan fingerprint density at radius 3 is 2.41 bits per heavy atom. The van der Waals surface area contributed by atoms with Crippen LogP contribution in [-0.4, -0.2) is 40.7 Å². The molecule has 1 unspecified atom stereocenters. The summed E-state index contributed by atoms with van der Waals surface area (Å²) in [4.78, 5) is 14.7. The van der Waals surface area contributed by atoms with E-state index in [1.807, 2.05) is 36.1 Å². The van der Waals surface area contributed by atoms with Crippen LogP contribution in [0.4, 0.5) is 0 Å². The van der Waals surface area contributed by atoms with Gasteiger partial charge in [-0.1, -0.05) is 6.58 Å². The van der Waals surface area contributed by atoms with Gasteiger partial charge in [0.2, 0.25) is 0 Å². The molecule has 3 atom stereocenters. The number of fused-ring (bicyclic) bond motifs is 2. The molecule has 1 N–H and O–H groups in total. The third-order valence-electron chi connectivity index (χ3n) is 4.53. The van der Waals surface area contributed by atoms with Gasteiger partial charge in [0.1, 0.15) is 12.4 Å². The van der Waals surface area contributed by atoms with Crippen molar-refractivity contribution < 1.29 is 14.6 Å². The van der Waals surface area contributed by atoms with E-state index >= 15 is 0 Å². The maximum Gasteiger partial charge on any atom is 0.254 e. The fourth-order valence-corrected chi connectivity index (χ4v) is 3.53. The lowest BCUT2D eigenvalue weighted by molar-refractivity contribution is 0.0287. The molecular formula is C18H23NO3. The van der Waals surface area contributed by atoms with Gasteiger partial charge in [-0.2, -0.15) is 0 Å². The van der Waals surface area contributed by atoms with Crippen molar-refractivity contribution in [3.8, 4) is 5.75 Å². The van der Waals surface area contributed by atoms with Crippen LogP contribution >= 0.6 is 0 Å². The molecule has 4 nitrogen and oxygen atoms in total. The highest BCUT2D eigenvalue weighted by Gasteiger charge is 2.42. The second-order valence-electron chi connectivity index (χ2n) is 6.49. The Bertz CT molecular complexity index is 552. The standard InChI is InChI=1S/C18H23NO3/c1-12(2)11-22-17-7-3-13(4-8-17)18(21)19-14-5-6-15(19)10-16(20)9-14/h3-4,7-8,14-16,20H,1,5-6,9-11H2,2H3/t14-,15+,16?. The van der Waals surface area contributed by atoms with E-state index in [1.165, 1.54) is 0 Å². The average molecular weight is 301 g/mol. The minimum atomic E-state index is -0.250. The van der Waals surface area contributed by atoms with Gasteiger partial charge in [-0.25, -0.2) is 0 Å². The van der Waals surface area contributed by atoms with Crippen LogP contribution in [-0.2, 0) is 0 Å². The lowest BCUT2D eigenvalue weighted by atomic mass is 9.98. The van der Waals surface area contributed by atoms with E-state index < -0.39 is 0 Å². The number of hydrogen-bond donors (Lipinski definition) is 1. The van der Waals surface area contributed by atoms with Crippen LogP contribution < -0.4 is 4.74 Å². The number of amides is 1. The minimum Gasteiger partial charge on any atom is -0.489 e. The maximum absolute atomic E-state index is 12.7. The third-order valence-corrected chi connectivity index (χ3v) is 4.53. The highest BCUT2D eigenvalue weighted by atomic mass is 16.5. The smallest absolute Gasteiger partial charge is 0.254 e. The first-order valence-electron chi connectivity index (χ1n) is 7.92. The van der Waals surface area contributed by atoms with Crippen molar-refractivity contribution in [3.05, 3.63) is 42.0 Å². The molecule has 3 rings (SSSR count). The molecule has 2 aliphatic heterocycles. The Hall–Kier alpha value is -1.81. The van der Waals surface area contributed by atoms with Crippen molar-refractivity contribution in [1.29, 1.82) is 0 Å². The summed E-state index contributed by atoms with van der Waals surface area (Å²) in [7, 11) is 0. The normalized spacial score (nSPS) is 26.8. The van der Waals surface area contributed by atoms with Crippen molar-refractivity contribution in [2.24, 2.45) is 0 Å². The predicted molar refractivity (Wildman–Crippen MR) is 85.0 cm³/mol. The zero-order valence-electron chi connectivity index (χ0n) is 13.0. The number of benzene rings is 1. The number of aliphatic hydroxyl groups is 1. The Labute approximate surface area is 131 Å². The van der Waals surface area contributed by atoms with Crippen LogP contribution in [0, 0.1) is 0 Å². The van der Waals surface area contributed by atoms with Gasteiger partial charge >= 0.3 is 0 Å². The van der Waals surface area contributed by atoms with Crippen molar-refractivity contribution in [3.63, 3.8) is 0 Å². The molecule has 118 valence electrons. The summed E-state index contributed by atoms with van der Waals surface area (Å²) < 4.78 is 5.56. The molecule has 2 aliphatic rings. The van der Waals surface area contributed by atoms with Gasteiger partial charge in [0, 0.05) is 17.6 Å². The molecule has 0 aliphatic carbocycles. The van der Waals surface area contributed by atoms with Gasteiger partial charge in [-0.3, -0.25) is 4.79 Å². The predicted octanol–water partition coefficient (Wildman–Crippen LogP) is 2.77. The van der Waals surface area contributed by atoms with E-state index in [2.05, 4.69) is 6.58 Å². The van der Waals surface area contributed by atoms with Crippen molar-refractivity contribution >= 4 is 5.91 Å². The van der Waals surface area contributed by atoms with Gasteiger partial charge < -0.3 is 14.7 Å². The molecule has 0 spiro atoms. The lowest BCUT2D eigenvalue weighted by Crippen LogP contribution is -2.47. The summed E-state index contributed by atoms with van der Waals surface area (Å²) in [6.45, 7) is 6.20. The molecule has 4 heteroatoms. The van der Waals surface area contributed by atoms with Gasteiger partial charge in [0.25, 0.3) is 5.91 Å². The number of piperidine rings is 1. The summed E-state index contributed by atoms with van der Waals surface area (Å²) >= 11 is 0. The monoisotopic (exact) mass is 301 g/mol. The van der Waals surface area contributed by atoms with Crippen molar-refractivity contribution in [2.75, 3.05) is 6.61 Å². The molecule has 1 aromatic rings. The van der Waals surface area contributed by atoms with Gasteiger partial charge in [0.05, 0.1) is 6.10 Å². The van der Waals surface area contributed by atoms with Crippen molar-refractivity contribution in [1.82, 2.24) is 4.90 Å². The second kappa shape index (κ2) is 6.13. The van der Waals surface area contributed by atoms with Crippen LogP contribution in [0.1, 0.15) is 43.0 Å². The minimum absolute atomic E-state index is 0.0749. The molecule has 1 amide bonds. The van der Waals surface area contributed by atoms with E-state index in [0.717, 1.165) is 24.2 Å². The van der Waals surface area contributed by atoms with Crippen LogP contribution in [0.3, 0.4) is 0 Å². The van der Waals surface area contributed by atoms with E-state index in [1.54, 1.807) is 0 Å². The zero-order chi connectivity index (χ0) is 15.7. The van der Waals surface area contributed by atoms with E-state index in [4.69, 9.17) is 4.74 Å². The Morgan fingerprint density at radius 2 is 1.86 bits per heavy atom. The van der Waals surface area contributed by atoms with Gasteiger partial charge in [0.15, 0.2) is 0 Å². The molecule has 2 saturated heterocycles. The number of rotatable bonds is 4. The molecule has 22 heavy (non-hydrogen) atoms. The summed E-state index contributed by atoms with van der Waals surface area (Å²) in [5.41, 5.74) is 1.65. The third kappa shape index (κ3) is 3.02. The first kappa shape index (κ1) is 15.1. The highest BCUT2D eigenvalue weighted by Crippen LogP contribution is 2.36. The van der Waals surface area contributed by atoms with E-state index in [-0.39, 0.29) is 24.1 Å². The Balaban J connectivity index is 1.69. The first-order chi connectivity index (χ1) is 10.5. The number of carbonyl (C=O) groups is 1. The molecule has 2 bridgehead atoms. The highest BCUT2D eigenvalue weighted by molar-refractivity contribution is 5.95. The van der Waals surface area contributed by atoms with Crippen LogP contribution in [0.15, 0.2) is 36.4 Å².